The summed E-state index contributed by atoms with van der Waals surface area (Å²) in [6.07, 6.45) is 36.1. The molecule has 2 aliphatic heterocycles. The van der Waals surface area contributed by atoms with Crippen molar-refractivity contribution in [3.05, 3.63) is 375 Å². The number of aryl methyl sites for hydroxylation is 12. The molecular formula is C103H104N18O+4. The normalized spacial score (nSPS) is 13.1. The highest BCUT2D eigenvalue weighted by molar-refractivity contribution is 6.09. The van der Waals surface area contributed by atoms with E-state index in [0.29, 0.717) is 6.17 Å². The van der Waals surface area contributed by atoms with Gasteiger partial charge in [0.25, 0.3) is 11.5 Å². The van der Waals surface area contributed by atoms with Gasteiger partial charge in [-0.2, -0.15) is 9.13 Å². The minimum absolute atomic E-state index is 0.313. The minimum atomic E-state index is 0.313. The number of nitrogens with zero attached hydrogens (tertiary/aromatic N) is 18. The van der Waals surface area contributed by atoms with E-state index < -0.39 is 0 Å². The van der Waals surface area contributed by atoms with E-state index in [4.69, 9.17) is 4.42 Å². The van der Waals surface area contributed by atoms with Gasteiger partial charge in [0.15, 0.2) is 19.4 Å². The zero-order valence-electron chi connectivity index (χ0n) is 72.3. The Morgan fingerprint density at radius 3 is 1.71 bits per heavy atom. The van der Waals surface area contributed by atoms with Crippen LogP contribution in [0.3, 0.4) is 0 Å². The number of hydrazine groups is 2. The van der Waals surface area contributed by atoms with Crippen LogP contribution < -0.4 is 38.2 Å². The first kappa shape index (κ1) is 78.4. The van der Waals surface area contributed by atoms with E-state index in [2.05, 4.69) is 500 Å². The van der Waals surface area contributed by atoms with Crippen molar-refractivity contribution in [2.45, 2.75) is 61.6 Å². The van der Waals surface area contributed by atoms with Gasteiger partial charge < -0.3 is 40.6 Å². The fourth-order valence-electron chi connectivity index (χ4n) is 18.2. The third-order valence-electron chi connectivity index (χ3n) is 24.5. The maximum atomic E-state index is 6.25. The summed E-state index contributed by atoms with van der Waals surface area (Å²) in [4.78, 5) is 4.76. The molecule has 0 fully saturated rings. The summed E-state index contributed by atoms with van der Waals surface area (Å²) >= 11 is 0. The standard InChI is InChI=1S/C21H17N2O.C20H20N3.C18H19N3.C17H18N4.C14H16N3.C13H14N3/c1-14-9-13-23-11-5-7-17(19(14)23)20-21-16(10-12-22(20)2)15-6-3-4-8-18(15)24-21;1-15-7-6-8-16(2)19(15)23-14-13-21(3)20(23)17-10-12-22-11-5-4-9-18(17)22;1-13-7-6-11-20-12-10-17(18(13)20)21-14(2)19(3)15-8-4-5-9-16(15)21;1-13-14-8-6-7-11-20(14)12-17(13)21-16-10-5-4-9-15(16)18(2)19(21)3;1-11-10-12-6-4-5-7-17(12)13(11)14-15(2)8-9-16(14)3;1-11-13(16-9-5-7-14(16)2)10-12-6-3-4-8-15(11)12/h3-13H,1-2H3;4-14H,1-3H3;4-12,14H,1-3H3;4-12H,1-3H3;4-10H,1-3H3;3-10H,1-2H3/q2*+1;;;2*+1/t;;14-;;;/m..0.../s1. The van der Waals surface area contributed by atoms with Gasteiger partial charge in [-0.15, -0.1) is 14.5 Å². The van der Waals surface area contributed by atoms with E-state index in [1.54, 1.807) is 0 Å². The van der Waals surface area contributed by atoms with Gasteiger partial charge in [0.2, 0.25) is 5.58 Å². The lowest BCUT2D eigenvalue weighted by Gasteiger charge is -2.30. The Hall–Kier alpha value is -14.8. The number of rotatable bonds is 7. The zero-order valence-corrected chi connectivity index (χ0v) is 72.3. The summed E-state index contributed by atoms with van der Waals surface area (Å²) in [6, 6.07) is 80.6. The fraction of sp³-hybridized carbons (Fsp3) is 0.165. The Balaban J connectivity index is 0.000000101. The van der Waals surface area contributed by atoms with Gasteiger partial charge in [-0.25, -0.2) is 13.7 Å². The van der Waals surface area contributed by atoms with Crippen LogP contribution in [-0.4, -0.2) is 72.6 Å². The second kappa shape index (κ2) is 32.1. The number of imidazole rings is 2. The molecule has 608 valence electrons. The van der Waals surface area contributed by atoms with Crippen LogP contribution in [0, 0.1) is 48.5 Å². The summed E-state index contributed by atoms with van der Waals surface area (Å²) in [6.45, 7) is 17.4. The summed E-state index contributed by atoms with van der Waals surface area (Å²) < 4.78 is 34.6. The SMILES string of the molecule is Cc1c(-n2ccc[n+]2C)cc2ccccn12.Cc1c(N2c3ccccc3N(C)N2C)cn2ccccc12.Cc1cc2ccccn2c1-c1n(C)cc[n+]1C.Cc1cccc(C)c1-n1cc[n+](C)c1-c1ccn2ccccc12.Cc1cccn2ccc(N3c4ccccc4N(C)[C@@H]3C)c12.Cc1ccn2cccc(-c3c4oc5ccccc5c4cc[n+]3C)c12. The second-order valence-corrected chi connectivity index (χ2v) is 32.1. The van der Waals surface area contributed by atoms with E-state index in [-0.39, 0.29) is 0 Å². The smallest absolute Gasteiger partial charge is 0.305 e. The van der Waals surface area contributed by atoms with Crippen molar-refractivity contribution in [3.63, 3.8) is 0 Å². The average Bonchev–Trinajstić information content (AvgIpc) is 1.60. The molecule has 0 bridgehead atoms. The molecule has 0 unspecified atom stereocenters. The highest BCUT2D eigenvalue weighted by Gasteiger charge is 2.35. The first-order chi connectivity index (χ1) is 59.2. The Morgan fingerprint density at radius 1 is 0.377 bits per heavy atom. The van der Waals surface area contributed by atoms with Crippen LogP contribution in [-0.2, 0) is 35.2 Å². The number of hydrogen-bond donors (Lipinski definition) is 0. The van der Waals surface area contributed by atoms with Crippen molar-refractivity contribution in [1.29, 1.82) is 0 Å². The molecule has 21 aromatic rings. The number of furan rings is 1. The molecule has 0 saturated heterocycles. The lowest BCUT2D eigenvalue weighted by molar-refractivity contribution is -0.744. The third-order valence-corrected chi connectivity index (χ3v) is 24.5. The summed E-state index contributed by atoms with van der Waals surface area (Å²) in [5, 5.41) is 8.89. The lowest BCUT2D eigenvalue weighted by Crippen LogP contribution is -2.41. The fourth-order valence-corrected chi connectivity index (χ4v) is 18.2. The largest absolute Gasteiger partial charge is 0.449 e. The highest BCUT2D eigenvalue weighted by Crippen LogP contribution is 2.47. The van der Waals surface area contributed by atoms with Gasteiger partial charge in [0.05, 0.1) is 94.7 Å². The number of para-hydroxylation sites is 6. The molecule has 19 heterocycles. The molecule has 19 heteroatoms. The van der Waals surface area contributed by atoms with E-state index in [1.165, 1.54) is 146 Å². The van der Waals surface area contributed by atoms with E-state index >= 15 is 0 Å². The van der Waals surface area contributed by atoms with Crippen molar-refractivity contribution in [2.24, 2.45) is 35.2 Å². The molecule has 4 aromatic carbocycles. The van der Waals surface area contributed by atoms with Crippen LogP contribution in [0.1, 0.15) is 46.0 Å². The molecule has 0 radical (unpaired) electrons. The molecule has 122 heavy (non-hydrogen) atoms. The van der Waals surface area contributed by atoms with Crippen LogP contribution in [0.25, 0.3) is 101 Å². The topological polar surface area (TPSA) is 86.1 Å². The quantitative estimate of drug-likeness (QED) is 0.148. The van der Waals surface area contributed by atoms with Crippen molar-refractivity contribution < 1.29 is 22.8 Å². The summed E-state index contributed by atoms with van der Waals surface area (Å²) in [5.74, 6) is 2.41. The van der Waals surface area contributed by atoms with Crippen molar-refractivity contribution in [2.75, 3.05) is 41.0 Å². The number of anilines is 6. The van der Waals surface area contributed by atoms with E-state index in [9.17, 15) is 0 Å². The van der Waals surface area contributed by atoms with Crippen LogP contribution in [0.2, 0.25) is 0 Å². The molecule has 0 amide bonds. The molecule has 0 aliphatic carbocycles. The number of benzene rings is 4. The van der Waals surface area contributed by atoms with Gasteiger partial charge in [0.1, 0.15) is 60.7 Å². The highest BCUT2D eigenvalue weighted by atomic mass is 16.3. The van der Waals surface area contributed by atoms with Crippen molar-refractivity contribution >= 4 is 89.2 Å². The van der Waals surface area contributed by atoms with Crippen molar-refractivity contribution in [3.8, 4) is 45.5 Å². The molecular weight excluding hydrogens is 1510 g/mol. The Kier molecular flexibility index (Phi) is 20.6. The molecule has 17 aromatic heterocycles. The number of fused-ring (bicyclic) bond motifs is 11. The molecule has 1 atom stereocenters. The second-order valence-electron chi connectivity index (χ2n) is 32.1. The van der Waals surface area contributed by atoms with Crippen LogP contribution in [0.15, 0.2) is 340 Å². The van der Waals surface area contributed by atoms with Crippen LogP contribution in [0.4, 0.5) is 34.1 Å². The number of aromatic nitrogens is 13. The van der Waals surface area contributed by atoms with Gasteiger partial charge in [-0.3, -0.25) is 10.0 Å². The Bertz CT molecular complexity index is 7420. The molecule has 19 nitrogen and oxygen atoms in total. The minimum Gasteiger partial charge on any atom is -0.449 e. The first-order valence-corrected chi connectivity index (χ1v) is 41.6. The van der Waals surface area contributed by atoms with Gasteiger partial charge in [-0.05, 0) is 216 Å². The lowest BCUT2D eigenvalue weighted by atomic mass is 10.1. The molecule has 23 rings (SSSR count). The van der Waals surface area contributed by atoms with Crippen LogP contribution in [0.5, 0.6) is 0 Å². The number of pyridine rings is 7. The maximum Gasteiger partial charge on any atom is 0.305 e. The Morgan fingerprint density at radius 2 is 0.984 bits per heavy atom. The Labute approximate surface area is 711 Å². The molecule has 0 spiro atoms. The predicted molar refractivity (Wildman–Crippen MR) is 495 cm³/mol. The predicted octanol–water partition coefficient (Wildman–Crippen LogP) is 20.2. The van der Waals surface area contributed by atoms with Crippen molar-refractivity contribution in [1.82, 2.24) is 45.3 Å². The number of hydrogen-bond acceptors (Lipinski definition) is 6. The van der Waals surface area contributed by atoms with Crippen LogP contribution >= 0.6 is 0 Å². The molecule has 0 N–H and O–H groups in total. The van der Waals surface area contributed by atoms with Gasteiger partial charge in [0, 0.05) is 123 Å². The molecule has 2 aliphatic rings. The van der Waals surface area contributed by atoms with Gasteiger partial charge >= 0.3 is 5.82 Å². The van der Waals surface area contributed by atoms with E-state index in [0.717, 1.165) is 27.6 Å². The van der Waals surface area contributed by atoms with Gasteiger partial charge in [-0.1, -0.05) is 91.0 Å². The monoisotopic (exact) mass is 1610 g/mol. The maximum absolute atomic E-state index is 6.25. The zero-order chi connectivity index (χ0) is 84.5. The average molecular weight is 1610 g/mol. The summed E-state index contributed by atoms with van der Waals surface area (Å²) in [7, 11) is 16.7. The summed E-state index contributed by atoms with van der Waals surface area (Å²) in [5.41, 5.74) is 33.0. The van der Waals surface area contributed by atoms with E-state index in [1.807, 2.05) is 31.4 Å². The first-order valence-electron chi connectivity index (χ1n) is 41.6. The third kappa shape index (κ3) is 13.7. The molecule has 0 saturated carbocycles.